The number of benzene rings is 2. The van der Waals surface area contributed by atoms with E-state index in [1.807, 2.05) is 29.2 Å². The van der Waals surface area contributed by atoms with Gasteiger partial charge < -0.3 is 9.47 Å². The molecule has 0 unspecified atom stereocenters. The summed E-state index contributed by atoms with van der Waals surface area (Å²) < 4.78 is 15.9. The predicted octanol–water partition coefficient (Wildman–Crippen LogP) is 3.28. The van der Waals surface area contributed by atoms with Crippen LogP contribution in [0.2, 0.25) is 0 Å². The average molecular weight is 392 g/mol. The molecule has 0 radical (unpaired) electrons. The molecule has 0 spiro atoms. The highest BCUT2D eigenvalue weighted by atomic mass is 19.1. The molecule has 2 fully saturated rings. The van der Waals surface area contributed by atoms with Crippen molar-refractivity contribution in [1.82, 2.24) is 19.4 Å². The van der Waals surface area contributed by atoms with Crippen molar-refractivity contribution in [2.75, 3.05) is 26.2 Å². The molecular weight excluding hydrogens is 367 g/mol. The molecule has 5 nitrogen and oxygen atoms in total. The second kappa shape index (κ2) is 7.59. The molecule has 6 heteroatoms. The lowest BCUT2D eigenvalue weighted by molar-refractivity contribution is -0.134. The van der Waals surface area contributed by atoms with Gasteiger partial charge in [0, 0.05) is 38.6 Å². The van der Waals surface area contributed by atoms with Crippen LogP contribution in [0.15, 0.2) is 48.5 Å². The van der Waals surface area contributed by atoms with Crippen LogP contribution < -0.4 is 0 Å². The van der Waals surface area contributed by atoms with Crippen LogP contribution in [-0.2, 0) is 17.9 Å². The van der Waals surface area contributed by atoms with E-state index in [-0.39, 0.29) is 11.7 Å². The van der Waals surface area contributed by atoms with Crippen LogP contribution in [0.3, 0.4) is 0 Å². The van der Waals surface area contributed by atoms with E-state index >= 15 is 0 Å². The predicted molar refractivity (Wildman–Crippen MR) is 110 cm³/mol. The van der Waals surface area contributed by atoms with E-state index in [0.717, 1.165) is 68.0 Å². The molecule has 5 rings (SSSR count). The van der Waals surface area contributed by atoms with Crippen LogP contribution in [0.1, 0.15) is 24.2 Å². The number of hydrogen-bond acceptors (Lipinski definition) is 3. The van der Waals surface area contributed by atoms with Crippen LogP contribution in [-0.4, -0.2) is 51.4 Å². The van der Waals surface area contributed by atoms with Crippen LogP contribution in [0.25, 0.3) is 11.0 Å². The average Bonchev–Trinajstić information content (AvgIpc) is 3.53. The van der Waals surface area contributed by atoms with Gasteiger partial charge in [-0.15, -0.1) is 0 Å². The standard InChI is InChI=1S/C23H25FN4O/c24-19-5-3-4-17(14-19)15-28-21-7-2-1-6-20(21)25-22(28)16-26-10-12-27(13-11-26)23(29)18-8-9-18/h1-7,14,18H,8-13,15-16H2. The first kappa shape index (κ1) is 18.3. The van der Waals surface area contributed by atoms with Crippen molar-refractivity contribution in [3.8, 4) is 0 Å². The molecule has 29 heavy (non-hydrogen) atoms. The molecule has 3 aromatic rings. The minimum absolute atomic E-state index is 0.218. The third-order valence-corrected chi connectivity index (χ3v) is 5.94. The Bertz CT molecular complexity index is 1030. The third-order valence-electron chi connectivity index (χ3n) is 5.94. The molecule has 0 bridgehead atoms. The van der Waals surface area contributed by atoms with E-state index in [1.165, 1.54) is 6.07 Å². The zero-order valence-electron chi connectivity index (χ0n) is 16.4. The summed E-state index contributed by atoms with van der Waals surface area (Å²) in [5.74, 6) is 1.39. The van der Waals surface area contributed by atoms with E-state index in [2.05, 4.69) is 15.5 Å². The first-order valence-corrected chi connectivity index (χ1v) is 10.4. The Balaban J connectivity index is 1.35. The van der Waals surface area contributed by atoms with Crippen molar-refractivity contribution in [3.63, 3.8) is 0 Å². The van der Waals surface area contributed by atoms with Crippen molar-refractivity contribution < 1.29 is 9.18 Å². The van der Waals surface area contributed by atoms with E-state index < -0.39 is 0 Å². The van der Waals surface area contributed by atoms with Gasteiger partial charge >= 0.3 is 0 Å². The molecule has 2 aromatic carbocycles. The summed E-state index contributed by atoms with van der Waals surface area (Å²) >= 11 is 0. The summed E-state index contributed by atoms with van der Waals surface area (Å²) in [5.41, 5.74) is 2.95. The summed E-state index contributed by atoms with van der Waals surface area (Å²) in [4.78, 5) is 21.5. The van der Waals surface area contributed by atoms with Crippen LogP contribution in [0.4, 0.5) is 4.39 Å². The van der Waals surface area contributed by atoms with Gasteiger partial charge in [0.15, 0.2) is 0 Å². The minimum atomic E-state index is -0.218. The van der Waals surface area contributed by atoms with E-state index in [4.69, 9.17) is 4.98 Å². The number of carbonyl (C=O) groups excluding carboxylic acids is 1. The van der Waals surface area contributed by atoms with Crippen molar-refractivity contribution in [1.29, 1.82) is 0 Å². The Morgan fingerprint density at radius 2 is 1.79 bits per heavy atom. The molecule has 1 aromatic heterocycles. The largest absolute Gasteiger partial charge is 0.340 e. The lowest BCUT2D eigenvalue weighted by Crippen LogP contribution is -2.49. The molecule has 0 N–H and O–H groups in total. The molecule has 2 heterocycles. The Kier molecular flexibility index (Phi) is 4.79. The van der Waals surface area contributed by atoms with Gasteiger partial charge in [0.1, 0.15) is 11.6 Å². The quantitative estimate of drug-likeness (QED) is 0.669. The summed E-state index contributed by atoms with van der Waals surface area (Å²) in [6, 6.07) is 14.8. The Hall–Kier alpha value is -2.73. The summed E-state index contributed by atoms with van der Waals surface area (Å²) in [6.07, 6.45) is 2.12. The Labute approximate surface area is 169 Å². The van der Waals surface area contributed by atoms with Crippen LogP contribution in [0.5, 0.6) is 0 Å². The number of imidazole rings is 1. The van der Waals surface area contributed by atoms with E-state index in [9.17, 15) is 9.18 Å². The van der Waals surface area contributed by atoms with Gasteiger partial charge in [0.05, 0.1) is 17.6 Å². The number of nitrogens with zero attached hydrogens (tertiary/aromatic N) is 4. The fraction of sp³-hybridized carbons (Fsp3) is 0.391. The summed E-state index contributed by atoms with van der Waals surface area (Å²) in [6.45, 7) is 4.63. The Morgan fingerprint density at radius 1 is 1.00 bits per heavy atom. The fourth-order valence-corrected chi connectivity index (χ4v) is 4.16. The molecule has 0 atom stereocenters. The highest BCUT2D eigenvalue weighted by Gasteiger charge is 2.34. The van der Waals surface area contributed by atoms with Gasteiger partial charge in [-0.05, 0) is 42.7 Å². The number of carbonyl (C=O) groups is 1. The monoisotopic (exact) mass is 392 g/mol. The normalized spacial score (nSPS) is 17.8. The lowest BCUT2D eigenvalue weighted by atomic mass is 10.2. The van der Waals surface area contributed by atoms with Crippen molar-refractivity contribution >= 4 is 16.9 Å². The topological polar surface area (TPSA) is 41.4 Å². The highest BCUT2D eigenvalue weighted by Crippen LogP contribution is 2.31. The number of rotatable bonds is 5. The van der Waals surface area contributed by atoms with Crippen LogP contribution >= 0.6 is 0 Å². The number of hydrogen-bond donors (Lipinski definition) is 0. The maximum atomic E-state index is 13.7. The number of piperazine rings is 1. The number of halogens is 1. The smallest absolute Gasteiger partial charge is 0.225 e. The first-order chi connectivity index (χ1) is 14.2. The maximum absolute atomic E-state index is 13.7. The van der Waals surface area contributed by atoms with Gasteiger partial charge in [-0.1, -0.05) is 24.3 Å². The van der Waals surface area contributed by atoms with Crippen molar-refractivity contribution in [3.05, 3.63) is 65.7 Å². The van der Waals surface area contributed by atoms with Gasteiger partial charge in [0.25, 0.3) is 0 Å². The zero-order chi connectivity index (χ0) is 19.8. The maximum Gasteiger partial charge on any atom is 0.225 e. The molecule has 1 saturated carbocycles. The summed E-state index contributed by atoms with van der Waals surface area (Å²) in [7, 11) is 0. The highest BCUT2D eigenvalue weighted by molar-refractivity contribution is 5.81. The zero-order valence-corrected chi connectivity index (χ0v) is 16.4. The third kappa shape index (κ3) is 3.90. The number of aromatic nitrogens is 2. The van der Waals surface area contributed by atoms with Gasteiger partial charge in [0.2, 0.25) is 5.91 Å². The Morgan fingerprint density at radius 3 is 2.55 bits per heavy atom. The molecule has 1 aliphatic carbocycles. The molecule has 2 aliphatic rings. The molecule has 1 amide bonds. The van der Waals surface area contributed by atoms with Crippen molar-refractivity contribution in [2.45, 2.75) is 25.9 Å². The lowest BCUT2D eigenvalue weighted by Gasteiger charge is -2.34. The molecule has 1 saturated heterocycles. The molecule has 1 aliphatic heterocycles. The van der Waals surface area contributed by atoms with Gasteiger partial charge in [-0.25, -0.2) is 9.37 Å². The molecule has 150 valence electrons. The van der Waals surface area contributed by atoms with Gasteiger partial charge in [-0.3, -0.25) is 9.69 Å². The van der Waals surface area contributed by atoms with Gasteiger partial charge in [-0.2, -0.15) is 0 Å². The van der Waals surface area contributed by atoms with Crippen LogP contribution in [0, 0.1) is 11.7 Å². The summed E-state index contributed by atoms with van der Waals surface area (Å²) in [5, 5.41) is 0. The second-order valence-corrected chi connectivity index (χ2v) is 8.11. The number of fused-ring (bicyclic) bond motifs is 1. The molecular formula is C23H25FN4O. The number of para-hydroxylation sites is 2. The minimum Gasteiger partial charge on any atom is -0.340 e. The van der Waals surface area contributed by atoms with E-state index in [0.29, 0.717) is 12.5 Å². The van der Waals surface area contributed by atoms with E-state index in [1.54, 1.807) is 12.1 Å². The fourth-order valence-electron chi connectivity index (χ4n) is 4.16. The number of amides is 1. The first-order valence-electron chi connectivity index (χ1n) is 10.4. The van der Waals surface area contributed by atoms with Crippen molar-refractivity contribution in [2.24, 2.45) is 5.92 Å². The SMILES string of the molecule is O=C(C1CC1)N1CCN(Cc2nc3ccccc3n2Cc2cccc(F)c2)CC1. The second-order valence-electron chi connectivity index (χ2n) is 8.11.